The minimum Gasteiger partial charge on any atom is -0.366 e. The highest BCUT2D eigenvalue weighted by Crippen LogP contribution is 2.35. The first-order valence-corrected chi connectivity index (χ1v) is 6.62. The summed E-state index contributed by atoms with van der Waals surface area (Å²) in [6.45, 7) is 5.89. The smallest absolute Gasteiger partial charge is 0.366 e. The lowest BCUT2D eigenvalue weighted by Crippen LogP contribution is -2.58. The molecule has 0 aliphatic carbocycles. The lowest BCUT2D eigenvalue weighted by atomic mass is 9.96. The molecule has 1 heterocycles. The van der Waals surface area contributed by atoms with Crippen LogP contribution in [0.3, 0.4) is 0 Å². The fourth-order valence-electron chi connectivity index (χ4n) is 2.57. The Morgan fingerprint density at radius 2 is 2.05 bits per heavy atom. The van der Waals surface area contributed by atoms with Crippen molar-refractivity contribution < 1.29 is 18.0 Å². The topological polar surface area (TPSA) is 58.4 Å². The number of hydrogen-bond acceptors (Lipinski definition) is 3. The van der Waals surface area contributed by atoms with Crippen molar-refractivity contribution in [3.8, 4) is 0 Å². The minimum atomic E-state index is -4.50. The predicted molar refractivity (Wildman–Crippen MR) is 74.3 cm³/mol. The molecule has 0 atom stereocenters. The Labute approximate surface area is 121 Å². The average Bonchev–Trinajstić information content (AvgIpc) is 2.36. The van der Waals surface area contributed by atoms with Crippen LogP contribution in [0, 0.1) is 0 Å². The Morgan fingerprint density at radius 3 is 2.57 bits per heavy atom. The number of carbonyl (C=O) groups excluding carboxylic acids is 1. The molecule has 7 heteroatoms. The van der Waals surface area contributed by atoms with E-state index < -0.39 is 17.6 Å². The first kappa shape index (κ1) is 15.6. The molecule has 1 aliphatic heterocycles. The molecule has 2 rings (SSSR count). The number of alkyl halides is 3. The number of nitrogens with one attached hydrogen (secondary N) is 1. The molecule has 0 radical (unpaired) electrons. The van der Waals surface area contributed by atoms with Gasteiger partial charge in [-0.25, -0.2) is 0 Å². The van der Waals surface area contributed by atoms with Gasteiger partial charge in [-0.3, -0.25) is 4.79 Å². The SMILES string of the molecule is CC1(C)CNCCN1c1ccc(C(F)(F)F)cc1C(N)=O. The van der Waals surface area contributed by atoms with Gasteiger partial charge in [0.25, 0.3) is 5.91 Å². The highest BCUT2D eigenvalue weighted by atomic mass is 19.4. The highest BCUT2D eigenvalue weighted by Gasteiger charge is 2.35. The third-order valence-electron chi connectivity index (χ3n) is 3.68. The molecule has 1 aromatic carbocycles. The fraction of sp³-hybridized carbons (Fsp3) is 0.500. The molecule has 1 amide bonds. The van der Waals surface area contributed by atoms with Crippen LogP contribution in [-0.4, -0.2) is 31.1 Å². The van der Waals surface area contributed by atoms with Gasteiger partial charge in [-0.2, -0.15) is 13.2 Å². The van der Waals surface area contributed by atoms with Gasteiger partial charge in [0.2, 0.25) is 0 Å². The summed E-state index contributed by atoms with van der Waals surface area (Å²) in [6, 6.07) is 3.14. The lowest BCUT2D eigenvalue weighted by molar-refractivity contribution is -0.137. The minimum absolute atomic E-state index is 0.0974. The van der Waals surface area contributed by atoms with Gasteiger partial charge in [-0.1, -0.05) is 0 Å². The Kier molecular flexibility index (Phi) is 3.88. The van der Waals surface area contributed by atoms with Crippen LogP contribution in [0.25, 0.3) is 0 Å². The summed E-state index contributed by atoms with van der Waals surface area (Å²) >= 11 is 0. The van der Waals surface area contributed by atoms with E-state index in [4.69, 9.17) is 5.73 Å². The molecular weight excluding hydrogens is 283 g/mol. The van der Waals surface area contributed by atoms with Gasteiger partial charge >= 0.3 is 6.18 Å². The second-order valence-corrected chi connectivity index (χ2v) is 5.73. The molecule has 4 nitrogen and oxygen atoms in total. The maximum absolute atomic E-state index is 12.8. The number of halogens is 3. The summed E-state index contributed by atoms with van der Waals surface area (Å²) in [4.78, 5) is 13.5. The van der Waals surface area contributed by atoms with E-state index >= 15 is 0 Å². The van der Waals surface area contributed by atoms with Crippen molar-refractivity contribution in [1.29, 1.82) is 0 Å². The van der Waals surface area contributed by atoms with Crippen molar-refractivity contribution >= 4 is 11.6 Å². The summed E-state index contributed by atoms with van der Waals surface area (Å²) in [5, 5.41) is 3.22. The largest absolute Gasteiger partial charge is 0.416 e. The quantitative estimate of drug-likeness (QED) is 0.878. The summed E-state index contributed by atoms with van der Waals surface area (Å²) in [7, 11) is 0. The van der Waals surface area contributed by atoms with Gasteiger partial charge in [0.1, 0.15) is 0 Å². The van der Waals surface area contributed by atoms with E-state index in [1.54, 1.807) is 0 Å². The molecule has 0 unspecified atom stereocenters. The second-order valence-electron chi connectivity index (χ2n) is 5.73. The number of benzene rings is 1. The number of hydrogen-bond donors (Lipinski definition) is 2. The Bertz CT molecular complexity index is 555. The molecule has 3 N–H and O–H groups in total. The zero-order chi connectivity index (χ0) is 15.8. The Hall–Kier alpha value is -1.76. The van der Waals surface area contributed by atoms with E-state index in [1.165, 1.54) is 6.07 Å². The van der Waals surface area contributed by atoms with E-state index in [0.717, 1.165) is 12.1 Å². The first-order chi connectivity index (χ1) is 9.63. The molecule has 0 saturated carbocycles. The second kappa shape index (κ2) is 5.22. The number of carbonyl (C=O) groups is 1. The van der Waals surface area contributed by atoms with Gasteiger partial charge in [-0.15, -0.1) is 0 Å². The predicted octanol–water partition coefficient (Wildman–Crippen LogP) is 1.99. The zero-order valence-electron chi connectivity index (χ0n) is 11.9. The monoisotopic (exact) mass is 301 g/mol. The molecule has 1 fully saturated rings. The van der Waals surface area contributed by atoms with Gasteiger partial charge in [0.15, 0.2) is 0 Å². The molecule has 1 aromatic rings. The molecule has 1 aliphatic rings. The highest BCUT2D eigenvalue weighted by molar-refractivity contribution is 5.99. The van der Waals surface area contributed by atoms with Crippen LogP contribution < -0.4 is 16.0 Å². The number of piperazine rings is 1. The van der Waals surface area contributed by atoms with Crippen molar-refractivity contribution in [1.82, 2.24) is 5.32 Å². The Morgan fingerprint density at radius 1 is 1.38 bits per heavy atom. The van der Waals surface area contributed by atoms with Gasteiger partial charge < -0.3 is 16.0 Å². The Balaban J connectivity index is 2.51. The van der Waals surface area contributed by atoms with Crippen molar-refractivity contribution in [2.75, 3.05) is 24.5 Å². The molecule has 1 saturated heterocycles. The van der Waals surface area contributed by atoms with Gasteiger partial charge in [0.05, 0.1) is 16.8 Å². The maximum atomic E-state index is 12.8. The summed E-state index contributed by atoms with van der Waals surface area (Å²) in [6.07, 6.45) is -4.50. The van der Waals surface area contributed by atoms with E-state index in [1.807, 2.05) is 18.7 Å². The van der Waals surface area contributed by atoms with Gasteiger partial charge in [0, 0.05) is 25.2 Å². The number of nitrogens with zero attached hydrogens (tertiary/aromatic N) is 1. The molecule has 21 heavy (non-hydrogen) atoms. The van der Waals surface area contributed by atoms with E-state index in [0.29, 0.717) is 25.3 Å². The maximum Gasteiger partial charge on any atom is 0.416 e. The number of primary amides is 1. The van der Waals surface area contributed by atoms with Crippen LogP contribution in [-0.2, 0) is 6.18 Å². The van der Waals surface area contributed by atoms with Crippen molar-refractivity contribution in [3.05, 3.63) is 29.3 Å². The number of amides is 1. The first-order valence-electron chi connectivity index (χ1n) is 6.62. The third-order valence-corrected chi connectivity index (χ3v) is 3.68. The average molecular weight is 301 g/mol. The number of nitrogens with two attached hydrogens (primary N) is 1. The van der Waals surface area contributed by atoms with Crippen LogP contribution in [0.15, 0.2) is 18.2 Å². The standard InChI is InChI=1S/C14H18F3N3O/c1-13(2)8-19-5-6-20(13)11-4-3-9(14(15,16)17)7-10(11)12(18)21/h3-4,7,19H,5-6,8H2,1-2H3,(H2,18,21). The van der Waals surface area contributed by atoms with E-state index in [9.17, 15) is 18.0 Å². The molecule has 0 bridgehead atoms. The van der Waals surface area contributed by atoms with Gasteiger partial charge in [-0.05, 0) is 32.0 Å². The van der Waals surface area contributed by atoms with Crippen molar-refractivity contribution in [2.45, 2.75) is 25.6 Å². The third kappa shape index (κ3) is 3.12. The number of anilines is 1. The van der Waals surface area contributed by atoms with E-state index in [-0.39, 0.29) is 11.1 Å². The fourth-order valence-corrected chi connectivity index (χ4v) is 2.57. The van der Waals surface area contributed by atoms with Crippen LogP contribution in [0.2, 0.25) is 0 Å². The number of rotatable bonds is 2. The van der Waals surface area contributed by atoms with Crippen LogP contribution in [0.1, 0.15) is 29.8 Å². The normalized spacial score (nSPS) is 18.6. The molecule has 116 valence electrons. The van der Waals surface area contributed by atoms with Crippen LogP contribution >= 0.6 is 0 Å². The molecule has 0 spiro atoms. The summed E-state index contributed by atoms with van der Waals surface area (Å²) in [5.41, 5.74) is 4.44. The van der Waals surface area contributed by atoms with E-state index in [2.05, 4.69) is 5.32 Å². The van der Waals surface area contributed by atoms with Crippen molar-refractivity contribution in [2.24, 2.45) is 5.73 Å². The molecular formula is C14H18F3N3O. The summed E-state index contributed by atoms with van der Waals surface area (Å²) < 4.78 is 38.3. The molecule has 0 aromatic heterocycles. The summed E-state index contributed by atoms with van der Waals surface area (Å²) in [5.74, 6) is -0.856. The van der Waals surface area contributed by atoms with Crippen molar-refractivity contribution in [3.63, 3.8) is 0 Å². The lowest BCUT2D eigenvalue weighted by Gasteiger charge is -2.45. The zero-order valence-corrected chi connectivity index (χ0v) is 11.9. The van der Waals surface area contributed by atoms with Crippen LogP contribution in [0.4, 0.5) is 18.9 Å². The van der Waals surface area contributed by atoms with Crippen LogP contribution in [0.5, 0.6) is 0 Å².